The van der Waals surface area contributed by atoms with E-state index < -0.39 is 0 Å². The molecule has 0 aliphatic heterocycles. The lowest BCUT2D eigenvalue weighted by atomic mass is 9.43. The van der Waals surface area contributed by atoms with Crippen LogP contribution in [0.2, 0.25) is 0 Å². The van der Waals surface area contributed by atoms with Crippen LogP contribution in [0.25, 0.3) is 0 Å². The third kappa shape index (κ3) is 2.08. The van der Waals surface area contributed by atoms with E-state index in [1.54, 1.807) is 6.08 Å². The molecular weight excluding hydrogens is 212 g/mol. The fourth-order valence-electron chi connectivity index (χ4n) is 3.97. The van der Waals surface area contributed by atoms with Gasteiger partial charge in [-0.25, -0.2) is 0 Å². The van der Waals surface area contributed by atoms with Crippen LogP contribution < -0.4 is 0 Å². The summed E-state index contributed by atoms with van der Waals surface area (Å²) in [7, 11) is 0. The van der Waals surface area contributed by atoms with Crippen molar-refractivity contribution >= 4 is 5.78 Å². The summed E-state index contributed by atoms with van der Waals surface area (Å²) in [5.41, 5.74) is 1.22. The van der Waals surface area contributed by atoms with Gasteiger partial charge < -0.3 is 5.11 Å². The van der Waals surface area contributed by atoms with E-state index in [0.717, 1.165) is 12.0 Å². The number of aliphatic hydroxyl groups is 1. The summed E-state index contributed by atoms with van der Waals surface area (Å²) in [5, 5.41) is 9.89. The molecule has 2 heteroatoms. The number of carbonyl (C=O) groups excluding carboxylic acids is 1. The van der Waals surface area contributed by atoms with E-state index >= 15 is 0 Å². The minimum atomic E-state index is -0.148. The first kappa shape index (κ1) is 12.8. The molecule has 96 valence electrons. The standard InChI is InChI=1S/C15H24O2/c1-9(2)5-12(16)8-15(4)11-6-13(15)10(3)14(17)7-11/h5,10-11,13-14,17H,6-8H2,1-4H3. The average Bonchev–Trinajstić information content (AvgIpc) is 2.19. The van der Waals surface area contributed by atoms with Gasteiger partial charge in [-0.2, -0.15) is 0 Å². The maximum absolute atomic E-state index is 11.9. The van der Waals surface area contributed by atoms with E-state index in [2.05, 4.69) is 13.8 Å². The van der Waals surface area contributed by atoms with Crippen molar-refractivity contribution in [2.75, 3.05) is 0 Å². The Kier molecular flexibility index (Phi) is 3.19. The number of fused-ring (bicyclic) bond motifs is 2. The largest absolute Gasteiger partial charge is 0.393 e. The highest BCUT2D eigenvalue weighted by Crippen LogP contribution is 2.63. The fourth-order valence-corrected chi connectivity index (χ4v) is 3.97. The second-order valence-corrected chi connectivity index (χ2v) is 6.57. The number of hydrogen-bond acceptors (Lipinski definition) is 2. The van der Waals surface area contributed by atoms with E-state index in [0.29, 0.717) is 24.2 Å². The molecule has 2 bridgehead atoms. The molecule has 0 aromatic heterocycles. The Morgan fingerprint density at radius 3 is 2.59 bits per heavy atom. The highest BCUT2D eigenvalue weighted by molar-refractivity contribution is 5.90. The number of carbonyl (C=O) groups is 1. The number of allylic oxidation sites excluding steroid dienone is 2. The molecule has 0 heterocycles. The Hall–Kier alpha value is -0.630. The van der Waals surface area contributed by atoms with Gasteiger partial charge in [0.25, 0.3) is 0 Å². The van der Waals surface area contributed by atoms with E-state index in [-0.39, 0.29) is 17.3 Å². The lowest BCUT2D eigenvalue weighted by Crippen LogP contribution is -2.58. The Bertz CT molecular complexity index is 354. The fraction of sp³-hybridized carbons (Fsp3) is 0.800. The molecule has 0 radical (unpaired) electrons. The van der Waals surface area contributed by atoms with Crippen LogP contribution in [0.15, 0.2) is 11.6 Å². The molecule has 0 spiro atoms. The molecule has 0 saturated heterocycles. The molecule has 3 rings (SSSR count). The molecule has 3 aliphatic rings. The van der Waals surface area contributed by atoms with E-state index in [1.165, 1.54) is 6.42 Å². The van der Waals surface area contributed by atoms with Crippen LogP contribution in [0.5, 0.6) is 0 Å². The maximum Gasteiger partial charge on any atom is 0.156 e. The molecule has 5 atom stereocenters. The van der Waals surface area contributed by atoms with Crippen LogP contribution in [-0.4, -0.2) is 17.0 Å². The van der Waals surface area contributed by atoms with Gasteiger partial charge in [-0.05, 0) is 55.9 Å². The Morgan fingerprint density at radius 1 is 1.41 bits per heavy atom. The second-order valence-electron chi connectivity index (χ2n) is 6.57. The molecule has 1 N–H and O–H groups in total. The van der Waals surface area contributed by atoms with Crippen molar-refractivity contribution in [3.05, 3.63) is 11.6 Å². The molecule has 0 aromatic rings. The Labute approximate surface area is 104 Å². The molecule has 17 heavy (non-hydrogen) atoms. The van der Waals surface area contributed by atoms with Crippen LogP contribution in [0.4, 0.5) is 0 Å². The first-order chi connectivity index (χ1) is 7.84. The first-order valence-electron chi connectivity index (χ1n) is 6.70. The number of hydrogen-bond donors (Lipinski definition) is 1. The van der Waals surface area contributed by atoms with Crippen LogP contribution in [-0.2, 0) is 4.79 Å². The summed E-state index contributed by atoms with van der Waals surface area (Å²) in [5.74, 6) is 1.69. The highest BCUT2D eigenvalue weighted by Gasteiger charge is 2.58. The summed E-state index contributed by atoms with van der Waals surface area (Å²) in [6, 6.07) is 0. The SMILES string of the molecule is CC(C)=CC(=O)CC1(C)C2CC(O)C(C)C1C2. The lowest BCUT2D eigenvalue weighted by molar-refractivity contribution is -0.170. The highest BCUT2D eigenvalue weighted by atomic mass is 16.3. The number of rotatable bonds is 3. The van der Waals surface area contributed by atoms with Crippen molar-refractivity contribution in [3.63, 3.8) is 0 Å². The third-order valence-electron chi connectivity index (χ3n) is 5.09. The van der Waals surface area contributed by atoms with Crippen molar-refractivity contribution in [2.24, 2.45) is 23.2 Å². The zero-order valence-corrected chi connectivity index (χ0v) is 11.4. The smallest absolute Gasteiger partial charge is 0.156 e. The van der Waals surface area contributed by atoms with E-state index in [1.807, 2.05) is 13.8 Å². The number of aliphatic hydroxyl groups excluding tert-OH is 1. The van der Waals surface area contributed by atoms with Crippen molar-refractivity contribution in [3.8, 4) is 0 Å². The van der Waals surface area contributed by atoms with Crippen LogP contribution >= 0.6 is 0 Å². The van der Waals surface area contributed by atoms with Gasteiger partial charge in [0.05, 0.1) is 6.10 Å². The monoisotopic (exact) mass is 236 g/mol. The van der Waals surface area contributed by atoms with Gasteiger partial charge >= 0.3 is 0 Å². The van der Waals surface area contributed by atoms with Gasteiger partial charge in [0.2, 0.25) is 0 Å². The minimum absolute atomic E-state index is 0.141. The Morgan fingerprint density at radius 2 is 2.06 bits per heavy atom. The lowest BCUT2D eigenvalue weighted by Gasteiger charge is -2.62. The van der Waals surface area contributed by atoms with E-state index in [9.17, 15) is 9.90 Å². The van der Waals surface area contributed by atoms with Crippen molar-refractivity contribution in [2.45, 2.75) is 53.1 Å². The second kappa shape index (κ2) is 4.24. The first-order valence-corrected chi connectivity index (χ1v) is 6.70. The quantitative estimate of drug-likeness (QED) is 0.765. The summed E-state index contributed by atoms with van der Waals surface area (Å²) >= 11 is 0. The molecule has 3 saturated carbocycles. The molecule has 3 aliphatic carbocycles. The minimum Gasteiger partial charge on any atom is -0.393 e. The molecule has 5 unspecified atom stereocenters. The topological polar surface area (TPSA) is 37.3 Å². The zero-order chi connectivity index (χ0) is 12.8. The third-order valence-corrected chi connectivity index (χ3v) is 5.09. The molecule has 2 nitrogen and oxygen atoms in total. The maximum atomic E-state index is 11.9. The van der Waals surface area contributed by atoms with Gasteiger partial charge in [-0.15, -0.1) is 0 Å². The van der Waals surface area contributed by atoms with Gasteiger partial charge in [-0.1, -0.05) is 19.4 Å². The van der Waals surface area contributed by atoms with Gasteiger partial charge in [0.15, 0.2) is 5.78 Å². The predicted octanol–water partition coefficient (Wildman–Crippen LogP) is 2.95. The van der Waals surface area contributed by atoms with Gasteiger partial charge in [0.1, 0.15) is 0 Å². The molecule has 0 amide bonds. The van der Waals surface area contributed by atoms with Crippen LogP contribution in [0.1, 0.15) is 47.0 Å². The summed E-state index contributed by atoms with van der Waals surface area (Å²) in [4.78, 5) is 11.9. The number of ketones is 1. The summed E-state index contributed by atoms with van der Waals surface area (Å²) in [6.07, 6.45) is 4.36. The molecule has 0 aromatic carbocycles. The average molecular weight is 236 g/mol. The van der Waals surface area contributed by atoms with Crippen LogP contribution in [0.3, 0.4) is 0 Å². The molecular formula is C15H24O2. The van der Waals surface area contributed by atoms with Crippen molar-refractivity contribution in [1.29, 1.82) is 0 Å². The zero-order valence-electron chi connectivity index (χ0n) is 11.4. The van der Waals surface area contributed by atoms with E-state index in [4.69, 9.17) is 0 Å². The van der Waals surface area contributed by atoms with Gasteiger partial charge in [0, 0.05) is 6.42 Å². The van der Waals surface area contributed by atoms with Crippen LogP contribution in [0, 0.1) is 23.2 Å². The summed E-state index contributed by atoms with van der Waals surface area (Å²) < 4.78 is 0. The summed E-state index contributed by atoms with van der Waals surface area (Å²) in [6.45, 7) is 8.31. The molecule has 3 fully saturated rings. The van der Waals surface area contributed by atoms with Gasteiger partial charge in [-0.3, -0.25) is 4.79 Å². The van der Waals surface area contributed by atoms with Crippen molar-refractivity contribution in [1.82, 2.24) is 0 Å². The normalized spacial score (nSPS) is 43.8. The Balaban J connectivity index is 2.07. The van der Waals surface area contributed by atoms with Crippen molar-refractivity contribution < 1.29 is 9.90 Å². The predicted molar refractivity (Wildman–Crippen MR) is 68.5 cm³/mol.